The molecule has 1 rings (SSSR count). The van der Waals surface area contributed by atoms with Crippen molar-refractivity contribution in [3.05, 3.63) is 0 Å². The summed E-state index contributed by atoms with van der Waals surface area (Å²) in [5, 5.41) is 0. The summed E-state index contributed by atoms with van der Waals surface area (Å²) in [6.45, 7) is 9.90. The van der Waals surface area contributed by atoms with Crippen molar-refractivity contribution in [1.29, 1.82) is 0 Å². The van der Waals surface area contributed by atoms with Crippen LogP contribution in [0.3, 0.4) is 0 Å². The van der Waals surface area contributed by atoms with Gasteiger partial charge < -0.3 is 4.74 Å². The summed E-state index contributed by atoms with van der Waals surface area (Å²) in [6, 6.07) is 0.777. The van der Waals surface area contributed by atoms with E-state index < -0.39 is 0 Å². The lowest BCUT2D eigenvalue weighted by Gasteiger charge is -2.20. The van der Waals surface area contributed by atoms with E-state index in [0.29, 0.717) is 12.1 Å². The van der Waals surface area contributed by atoms with Gasteiger partial charge in [0.2, 0.25) is 0 Å². The van der Waals surface area contributed by atoms with Gasteiger partial charge in [0.05, 0.1) is 12.1 Å². The van der Waals surface area contributed by atoms with E-state index >= 15 is 0 Å². The lowest BCUT2D eigenvalue weighted by atomic mass is 10.2. The Labute approximate surface area is 86.4 Å². The maximum Gasteiger partial charge on any atom is 0.410 e. The Morgan fingerprint density at radius 3 is 2.43 bits per heavy atom. The topological polar surface area (TPSA) is 29.3 Å². The average Bonchev–Trinajstić information content (AvgIpc) is 2.58. The molecule has 1 aliphatic rings. The van der Waals surface area contributed by atoms with Crippen molar-refractivity contribution in [3.63, 3.8) is 0 Å². The maximum absolute atomic E-state index is 11.6. The summed E-state index contributed by atoms with van der Waals surface area (Å²) in [6.07, 6.45) is 2.04. The quantitative estimate of drug-likeness (QED) is 0.640. The number of rotatable bonds is 2. The molecular formula is C11H21NO2. The minimum absolute atomic E-state index is 0.163. The van der Waals surface area contributed by atoms with E-state index in [1.165, 1.54) is 0 Å². The van der Waals surface area contributed by atoms with Crippen LogP contribution in [0.25, 0.3) is 0 Å². The van der Waals surface area contributed by atoms with Gasteiger partial charge in [-0.1, -0.05) is 13.3 Å². The van der Waals surface area contributed by atoms with Crippen LogP contribution >= 0.6 is 0 Å². The Kier molecular flexibility index (Phi) is 3.07. The van der Waals surface area contributed by atoms with Gasteiger partial charge in [0.25, 0.3) is 0 Å². The molecule has 1 saturated heterocycles. The Morgan fingerprint density at radius 2 is 2.00 bits per heavy atom. The van der Waals surface area contributed by atoms with Gasteiger partial charge in [-0.15, -0.1) is 0 Å². The van der Waals surface area contributed by atoms with E-state index in [0.717, 1.165) is 12.8 Å². The van der Waals surface area contributed by atoms with Gasteiger partial charge in [-0.05, 0) is 34.1 Å². The van der Waals surface area contributed by atoms with Crippen LogP contribution < -0.4 is 0 Å². The Bertz CT molecular complexity index is 220. The van der Waals surface area contributed by atoms with Crippen molar-refractivity contribution >= 4 is 6.09 Å². The summed E-state index contributed by atoms with van der Waals surface area (Å²) in [4.78, 5) is 13.4. The molecule has 0 aromatic rings. The van der Waals surface area contributed by atoms with Gasteiger partial charge in [-0.3, -0.25) is 4.90 Å². The van der Waals surface area contributed by atoms with Crippen molar-refractivity contribution < 1.29 is 9.53 Å². The summed E-state index contributed by atoms with van der Waals surface area (Å²) in [5.41, 5.74) is -0.379. The molecule has 2 unspecified atom stereocenters. The molecule has 0 aromatic heterocycles. The average molecular weight is 199 g/mol. The van der Waals surface area contributed by atoms with Crippen LogP contribution in [0.4, 0.5) is 4.79 Å². The molecule has 2 atom stereocenters. The molecule has 1 amide bonds. The first-order chi connectivity index (χ1) is 6.37. The highest BCUT2D eigenvalue weighted by atomic mass is 16.6. The van der Waals surface area contributed by atoms with Crippen molar-refractivity contribution in [3.8, 4) is 0 Å². The molecule has 0 radical (unpaired) electrons. The molecule has 3 heteroatoms. The fraction of sp³-hybridized carbons (Fsp3) is 0.909. The fourth-order valence-corrected chi connectivity index (χ4v) is 1.71. The third-order valence-corrected chi connectivity index (χ3v) is 2.45. The molecule has 1 fully saturated rings. The van der Waals surface area contributed by atoms with Crippen LogP contribution in [0.15, 0.2) is 0 Å². The number of carbonyl (C=O) groups is 1. The number of amides is 1. The number of carbonyl (C=O) groups excluding carboxylic acids is 1. The first-order valence-corrected chi connectivity index (χ1v) is 5.38. The zero-order valence-corrected chi connectivity index (χ0v) is 9.83. The molecule has 0 saturated carbocycles. The molecule has 3 nitrogen and oxygen atoms in total. The summed E-state index contributed by atoms with van der Waals surface area (Å²) >= 11 is 0. The third kappa shape index (κ3) is 2.63. The largest absolute Gasteiger partial charge is 0.444 e. The Hall–Kier alpha value is -0.730. The third-order valence-electron chi connectivity index (χ3n) is 2.45. The molecule has 0 bridgehead atoms. The maximum atomic E-state index is 11.6. The monoisotopic (exact) mass is 199 g/mol. The molecule has 0 spiro atoms. The predicted molar refractivity (Wildman–Crippen MR) is 56.2 cm³/mol. The SMILES string of the molecule is CCCC1C(C)N1C(=O)OC(C)(C)C. The van der Waals surface area contributed by atoms with Crippen molar-refractivity contribution in [2.45, 2.75) is 65.1 Å². The standard InChI is InChI=1S/C11H21NO2/c1-6-7-9-8(2)12(9)10(13)14-11(3,4)5/h8-9H,6-7H2,1-5H3. The molecule has 1 aliphatic heterocycles. The van der Waals surface area contributed by atoms with Crippen LogP contribution in [-0.2, 0) is 4.74 Å². The van der Waals surface area contributed by atoms with E-state index in [1.54, 1.807) is 0 Å². The fourth-order valence-electron chi connectivity index (χ4n) is 1.71. The smallest absolute Gasteiger partial charge is 0.410 e. The Morgan fingerprint density at radius 1 is 1.43 bits per heavy atom. The van der Waals surface area contributed by atoms with E-state index in [9.17, 15) is 4.79 Å². The molecular weight excluding hydrogens is 178 g/mol. The second-order valence-electron chi connectivity index (χ2n) is 4.98. The van der Waals surface area contributed by atoms with Crippen LogP contribution in [0.5, 0.6) is 0 Å². The highest BCUT2D eigenvalue weighted by Crippen LogP contribution is 2.33. The second-order valence-corrected chi connectivity index (χ2v) is 4.98. The first-order valence-electron chi connectivity index (χ1n) is 5.38. The zero-order valence-electron chi connectivity index (χ0n) is 9.83. The number of nitrogens with zero attached hydrogens (tertiary/aromatic N) is 1. The molecule has 0 aliphatic carbocycles. The van der Waals surface area contributed by atoms with Gasteiger partial charge >= 0.3 is 6.09 Å². The number of hydrogen-bond acceptors (Lipinski definition) is 2. The molecule has 0 N–H and O–H groups in total. The van der Waals surface area contributed by atoms with Crippen LogP contribution in [0, 0.1) is 0 Å². The molecule has 82 valence electrons. The van der Waals surface area contributed by atoms with Gasteiger partial charge in [0, 0.05) is 0 Å². The van der Waals surface area contributed by atoms with Gasteiger partial charge in [0.1, 0.15) is 5.60 Å². The highest BCUT2D eigenvalue weighted by Gasteiger charge is 2.48. The lowest BCUT2D eigenvalue weighted by molar-refractivity contribution is 0.0394. The van der Waals surface area contributed by atoms with Gasteiger partial charge in [-0.2, -0.15) is 0 Å². The van der Waals surface area contributed by atoms with E-state index in [1.807, 2.05) is 25.7 Å². The van der Waals surface area contributed by atoms with Crippen LogP contribution in [0.2, 0.25) is 0 Å². The first kappa shape index (κ1) is 11.3. The molecule has 0 aromatic carbocycles. The second kappa shape index (κ2) is 3.79. The number of ether oxygens (including phenoxy) is 1. The van der Waals surface area contributed by atoms with Crippen molar-refractivity contribution in [1.82, 2.24) is 4.90 Å². The van der Waals surface area contributed by atoms with E-state index in [4.69, 9.17) is 4.74 Å². The summed E-state index contributed by atoms with van der Waals surface area (Å²) in [7, 11) is 0. The molecule has 1 heterocycles. The van der Waals surface area contributed by atoms with Crippen molar-refractivity contribution in [2.75, 3.05) is 0 Å². The molecule has 14 heavy (non-hydrogen) atoms. The number of hydrogen-bond donors (Lipinski definition) is 0. The minimum Gasteiger partial charge on any atom is -0.444 e. The summed E-state index contributed by atoms with van der Waals surface area (Å²) < 4.78 is 5.30. The highest BCUT2D eigenvalue weighted by molar-refractivity contribution is 5.72. The van der Waals surface area contributed by atoms with Gasteiger partial charge in [-0.25, -0.2) is 4.79 Å². The normalized spacial score (nSPS) is 26.2. The Balaban J connectivity index is 2.41. The van der Waals surface area contributed by atoms with Crippen LogP contribution in [-0.4, -0.2) is 28.7 Å². The van der Waals surface area contributed by atoms with Gasteiger partial charge in [0.15, 0.2) is 0 Å². The zero-order chi connectivity index (χ0) is 10.9. The predicted octanol–water partition coefficient (Wildman–Crippen LogP) is 2.79. The van der Waals surface area contributed by atoms with Crippen LogP contribution in [0.1, 0.15) is 47.5 Å². The minimum atomic E-state index is -0.379. The van der Waals surface area contributed by atoms with E-state index in [2.05, 4.69) is 13.8 Å². The van der Waals surface area contributed by atoms with Crippen molar-refractivity contribution in [2.24, 2.45) is 0 Å². The van der Waals surface area contributed by atoms with E-state index in [-0.39, 0.29) is 11.7 Å². The lowest BCUT2D eigenvalue weighted by Crippen LogP contribution is -2.28. The summed E-state index contributed by atoms with van der Waals surface area (Å²) in [5.74, 6) is 0.